The van der Waals surface area contributed by atoms with Gasteiger partial charge in [0.2, 0.25) is 5.89 Å². The van der Waals surface area contributed by atoms with Crippen molar-refractivity contribution in [2.75, 3.05) is 0 Å². The van der Waals surface area contributed by atoms with Crippen molar-refractivity contribution in [3.05, 3.63) is 44.4 Å². The fraction of sp³-hybridized carbons (Fsp3) is 0.364. The molecule has 0 aliphatic heterocycles. The Hall–Kier alpha value is -1.43. The molecule has 0 aliphatic rings. The first-order chi connectivity index (χ1) is 8.10. The van der Waals surface area contributed by atoms with E-state index < -0.39 is 0 Å². The summed E-state index contributed by atoms with van der Waals surface area (Å²) in [6.07, 6.45) is 2.41. The zero-order valence-corrected chi connectivity index (χ0v) is 11.2. The van der Waals surface area contributed by atoms with Crippen LogP contribution in [-0.4, -0.2) is 14.7 Å². The van der Waals surface area contributed by atoms with Crippen LogP contribution in [0.1, 0.15) is 24.2 Å². The van der Waals surface area contributed by atoms with E-state index in [0.29, 0.717) is 30.2 Å². The highest BCUT2D eigenvalue weighted by atomic mass is 79.9. The van der Waals surface area contributed by atoms with Gasteiger partial charge in [0, 0.05) is 22.7 Å². The molecule has 0 saturated heterocycles. The van der Waals surface area contributed by atoms with E-state index in [-0.39, 0.29) is 5.56 Å². The summed E-state index contributed by atoms with van der Waals surface area (Å²) in [6.45, 7) is 4.03. The molecule has 2 aromatic heterocycles. The van der Waals surface area contributed by atoms with Crippen molar-refractivity contribution in [3.8, 4) is 0 Å². The van der Waals surface area contributed by atoms with E-state index in [2.05, 4.69) is 26.1 Å². The predicted molar refractivity (Wildman–Crippen MR) is 65.9 cm³/mol. The van der Waals surface area contributed by atoms with Crippen LogP contribution in [0.2, 0.25) is 0 Å². The smallest absolute Gasteiger partial charge is 0.253 e. The standard InChI is InChI=1S/C11H12BrN3O2/c1-3-10-13-9(14-17-10)6-15-5-8(12)4-7(2)11(15)16/h4-5H,3,6H2,1-2H3. The molecule has 0 radical (unpaired) electrons. The second-order valence-electron chi connectivity index (χ2n) is 3.73. The third-order valence-electron chi connectivity index (χ3n) is 2.36. The van der Waals surface area contributed by atoms with Crippen LogP contribution in [0.3, 0.4) is 0 Å². The lowest BCUT2D eigenvalue weighted by Crippen LogP contribution is -2.22. The van der Waals surface area contributed by atoms with E-state index in [1.165, 1.54) is 0 Å². The van der Waals surface area contributed by atoms with Crippen molar-refractivity contribution < 1.29 is 4.52 Å². The lowest BCUT2D eigenvalue weighted by molar-refractivity contribution is 0.375. The van der Waals surface area contributed by atoms with Gasteiger partial charge in [0.05, 0.1) is 6.54 Å². The maximum atomic E-state index is 11.9. The van der Waals surface area contributed by atoms with Gasteiger partial charge in [0.25, 0.3) is 5.56 Å². The van der Waals surface area contributed by atoms with E-state index in [1.54, 1.807) is 23.8 Å². The molecule has 0 unspecified atom stereocenters. The van der Waals surface area contributed by atoms with Crippen molar-refractivity contribution >= 4 is 15.9 Å². The van der Waals surface area contributed by atoms with E-state index in [4.69, 9.17) is 4.52 Å². The Morgan fingerprint density at radius 3 is 2.94 bits per heavy atom. The van der Waals surface area contributed by atoms with Crippen LogP contribution in [0.4, 0.5) is 0 Å². The zero-order valence-electron chi connectivity index (χ0n) is 9.61. The number of hydrogen-bond donors (Lipinski definition) is 0. The van der Waals surface area contributed by atoms with Crippen LogP contribution in [0.25, 0.3) is 0 Å². The summed E-state index contributed by atoms with van der Waals surface area (Å²) in [4.78, 5) is 16.0. The summed E-state index contributed by atoms with van der Waals surface area (Å²) in [5.74, 6) is 1.10. The Morgan fingerprint density at radius 1 is 1.53 bits per heavy atom. The van der Waals surface area contributed by atoms with Crippen LogP contribution in [0.15, 0.2) is 26.1 Å². The van der Waals surface area contributed by atoms with Crippen LogP contribution in [-0.2, 0) is 13.0 Å². The third kappa shape index (κ3) is 2.63. The Bertz CT molecular complexity index is 589. The molecule has 0 atom stereocenters. The average Bonchev–Trinajstić information content (AvgIpc) is 2.73. The number of pyridine rings is 1. The van der Waals surface area contributed by atoms with Crippen LogP contribution in [0.5, 0.6) is 0 Å². The van der Waals surface area contributed by atoms with Crippen molar-refractivity contribution in [2.24, 2.45) is 0 Å². The summed E-state index contributed by atoms with van der Waals surface area (Å²) in [5, 5.41) is 3.82. The molecule has 0 N–H and O–H groups in total. The summed E-state index contributed by atoms with van der Waals surface area (Å²) in [7, 11) is 0. The second kappa shape index (κ2) is 4.83. The molecule has 2 rings (SSSR count). The molecule has 0 saturated carbocycles. The Kier molecular flexibility index (Phi) is 3.42. The van der Waals surface area contributed by atoms with E-state index in [1.807, 2.05) is 6.92 Å². The first-order valence-corrected chi connectivity index (χ1v) is 6.07. The minimum absolute atomic E-state index is 0.0453. The molecule has 2 heterocycles. The number of hydrogen-bond acceptors (Lipinski definition) is 4. The van der Waals surface area contributed by atoms with Crippen LogP contribution >= 0.6 is 15.9 Å². The summed E-state index contributed by atoms with van der Waals surface area (Å²) in [5.41, 5.74) is 0.634. The van der Waals surface area contributed by atoms with Crippen molar-refractivity contribution in [2.45, 2.75) is 26.8 Å². The fourth-order valence-corrected chi connectivity index (χ4v) is 2.10. The van der Waals surface area contributed by atoms with E-state index >= 15 is 0 Å². The average molecular weight is 298 g/mol. The van der Waals surface area contributed by atoms with Crippen molar-refractivity contribution in [3.63, 3.8) is 0 Å². The normalized spacial score (nSPS) is 10.8. The zero-order chi connectivity index (χ0) is 12.4. The molecule has 0 amide bonds. The first-order valence-electron chi connectivity index (χ1n) is 5.28. The van der Waals surface area contributed by atoms with Gasteiger partial charge in [-0.25, -0.2) is 0 Å². The largest absolute Gasteiger partial charge is 0.339 e. The summed E-state index contributed by atoms with van der Waals surface area (Å²) < 4.78 is 7.41. The maximum Gasteiger partial charge on any atom is 0.253 e. The number of halogens is 1. The highest BCUT2D eigenvalue weighted by molar-refractivity contribution is 9.10. The first kappa shape index (κ1) is 12.0. The van der Waals surface area contributed by atoms with Gasteiger partial charge in [-0.05, 0) is 28.9 Å². The number of nitrogens with zero attached hydrogens (tertiary/aromatic N) is 3. The number of aromatic nitrogens is 3. The van der Waals surface area contributed by atoms with E-state index in [9.17, 15) is 4.79 Å². The lowest BCUT2D eigenvalue weighted by atomic mass is 10.3. The van der Waals surface area contributed by atoms with E-state index in [0.717, 1.165) is 4.47 Å². The Labute approximate surface area is 107 Å². The van der Waals surface area contributed by atoms with Crippen molar-refractivity contribution in [1.82, 2.24) is 14.7 Å². The van der Waals surface area contributed by atoms with Gasteiger partial charge in [-0.3, -0.25) is 4.79 Å². The molecule has 17 heavy (non-hydrogen) atoms. The number of rotatable bonds is 3. The van der Waals surface area contributed by atoms with Crippen molar-refractivity contribution in [1.29, 1.82) is 0 Å². The number of aryl methyl sites for hydroxylation is 2. The minimum Gasteiger partial charge on any atom is -0.339 e. The fourth-order valence-electron chi connectivity index (χ4n) is 1.51. The molecule has 0 fully saturated rings. The van der Waals surface area contributed by atoms with Gasteiger partial charge in [0.15, 0.2) is 5.82 Å². The minimum atomic E-state index is -0.0453. The summed E-state index contributed by atoms with van der Waals surface area (Å²) in [6, 6.07) is 1.78. The topological polar surface area (TPSA) is 60.9 Å². The quantitative estimate of drug-likeness (QED) is 0.868. The maximum absolute atomic E-state index is 11.9. The lowest BCUT2D eigenvalue weighted by Gasteiger charge is -2.04. The van der Waals surface area contributed by atoms with Gasteiger partial charge in [-0.15, -0.1) is 0 Å². The van der Waals surface area contributed by atoms with Gasteiger partial charge in [0.1, 0.15) is 0 Å². The molecule has 0 aromatic carbocycles. The van der Waals surface area contributed by atoms with Gasteiger partial charge in [-0.2, -0.15) is 4.98 Å². The highest BCUT2D eigenvalue weighted by Crippen LogP contribution is 2.09. The monoisotopic (exact) mass is 297 g/mol. The highest BCUT2D eigenvalue weighted by Gasteiger charge is 2.08. The molecule has 0 spiro atoms. The molecule has 90 valence electrons. The summed E-state index contributed by atoms with van der Waals surface area (Å²) >= 11 is 3.36. The third-order valence-corrected chi connectivity index (χ3v) is 2.79. The van der Waals surface area contributed by atoms with Crippen LogP contribution < -0.4 is 5.56 Å². The molecule has 2 aromatic rings. The molecule has 0 bridgehead atoms. The second-order valence-corrected chi connectivity index (χ2v) is 4.65. The van der Waals surface area contributed by atoms with Crippen LogP contribution in [0, 0.1) is 6.92 Å². The van der Waals surface area contributed by atoms with Gasteiger partial charge in [-0.1, -0.05) is 12.1 Å². The van der Waals surface area contributed by atoms with Gasteiger partial charge < -0.3 is 9.09 Å². The molecule has 6 heteroatoms. The molecular formula is C11H12BrN3O2. The predicted octanol–water partition coefficient (Wildman–Crippen LogP) is 1.91. The molecular weight excluding hydrogens is 286 g/mol. The SMILES string of the molecule is CCc1nc(Cn2cc(Br)cc(C)c2=O)no1. The van der Waals surface area contributed by atoms with Gasteiger partial charge >= 0.3 is 0 Å². The Morgan fingerprint density at radius 2 is 2.29 bits per heavy atom. The molecule has 0 aliphatic carbocycles. The Balaban J connectivity index is 2.32. The molecule has 5 nitrogen and oxygen atoms in total.